The summed E-state index contributed by atoms with van der Waals surface area (Å²) in [6, 6.07) is 21.7. The van der Waals surface area contributed by atoms with Crippen LogP contribution in [0.1, 0.15) is 33.4 Å². The van der Waals surface area contributed by atoms with Gasteiger partial charge in [0, 0.05) is 5.69 Å². The third kappa shape index (κ3) is 4.67. The molecule has 0 saturated heterocycles. The largest absolute Gasteiger partial charge is 0.429 e. The number of nitrogens with two attached hydrogens (primary N) is 1. The van der Waals surface area contributed by atoms with Crippen LogP contribution in [0.15, 0.2) is 72.8 Å². The van der Waals surface area contributed by atoms with Gasteiger partial charge in [-0.3, -0.25) is 0 Å². The molecule has 2 N–H and O–H groups in total. The average Bonchev–Trinajstić information content (AvgIpc) is 2.74. The van der Waals surface area contributed by atoms with Gasteiger partial charge in [0.2, 0.25) is 0 Å². The number of halogens is 2. The lowest BCUT2D eigenvalue weighted by Gasteiger charge is -2.21. The lowest BCUT2D eigenvalue weighted by Crippen LogP contribution is -2.23. The number of hydrogen-bond donors (Lipinski definition) is 1. The smallest absolute Gasteiger partial charge is 0.426 e. The van der Waals surface area contributed by atoms with Crippen molar-refractivity contribution in [3.05, 3.63) is 106 Å². The number of benzene rings is 4. The molecule has 4 aromatic carbocycles. The molecular formula is C30H29F2NO. The van der Waals surface area contributed by atoms with Gasteiger partial charge in [-0.25, -0.2) is 0 Å². The molecule has 174 valence electrons. The molecule has 34 heavy (non-hydrogen) atoms. The topological polar surface area (TPSA) is 35.2 Å². The number of anilines is 1. The molecule has 0 saturated carbocycles. The molecule has 0 aromatic heterocycles. The van der Waals surface area contributed by atoms with Crippen LogP contribution in [-0.4, -0.2) is 0 Å². The Kier molecular flexibility index (Phi) is 6.18. The summed E-state index contributed by atoms with van der Waals surface area (Å²) in [5.41, 5.74) is 15.6. The first-order chi connectivity index (χ1) is 16.0. The average molecular weight is 458 g/mol. The number of nitrogen functional groups attached to an aromatic ring is 1. The van der Waals surface area contributed by atoms with Crippen molar-refractivity contribution < 1.29 is 13.5 Å². The van der Waals surface area contributed by atoms with Gasteiger partial charge in [0.15, 0.2) is 0 Å². The van der Waals surface area contributed by atoms with Crippen LogP contribution < -0.4 is 10.5 Å². The Morgan fingerprint density at radius 3 is 1.82 bits per heavy atom. The summed E-state index contributed by atoms with van der Waals surface area (Å²) in [7, 11) is 0. The summed E-state index contributed by atoms with van der Waals surface area (Å²) < 4.78 is 34.8. The molecule has 2 nitrogen and oxygen atoms in total. The number of ether oxygens (including phenoxy) is 1. The summed E-state index contributed by atoms with van der Waals surface area (Å²) in [6.07, 6.45) is -3.46. The summed E-state index contributed by atoms with van der Waals surface area (Å²) in [6.45, 7) is 10.1. The quantitative estimate of drug-likeness (QED) is 0.306. The highest BCUT2D eigenvalue weighted by Gasteiger charge is 2.36. The molecule has 0 spiro atoms. The standard InChI is InChI=1S/C30H29F2NO/c1-18-14-21(4)29(22(5)15-18)24-6-12-27(19(2)16-24)23-7-13-28(20(3)17-23)30(31,32)34-26-10-8-25(33)9-11-26/h6-17H,33H2,1-5H3. The number of rotatable bonds is 5. The minimum Gasteiger partial charge on any atom is -0.429 e. The Balaban J connectivity index is 1.65. The molecule has 4 rings (SSSR count). The first-order valence-corrected chi connectivity index (χ1v) is 11.3. The highest BCUT2D eigenvalue weighted by molar-refractivity contribution is 5.77. The zero-order valence-corrected chi connectivity index (χ0v) is 20.2. The summed E-state index contributed by atoms with van der Waals surface area (Å²) in [5, 5.41) is 0. The second-order valence-corrected chi connectivity index (χ2v) is 9.02. The van der Waals surface area contributed by atoms with E-state index in [1.165, 1.54) is 52.6 Å². The first-order valence-electron chi connectivity index (χ1n) is 11.3. The molecule has 0 radical (unpaired) electrons. The Hall–Kier alpha value is -3.66. The fourth-order valence-corrected chi connectivity index (χ4v) is 4.68. The third-order valence-electron chi connectivity index (χ3n) is 6.17. The minimum absolute atomic E-state index is 0.0656. The molecule has 0 aliphatic carbocycles. The van der Waals surface area contributed by atoms with Crippen LogP contribution in [0.25, 0.3) is 22.3 Å². The van der Waals surface area contributed by atoms with Crippen LogP contribution in [0.2, 0.25) is 0 Å². The van der Waals surface area contributed by atoms with Gasteiger partial charge in [0.05, 0.1) is 5.56 Å². The van der Waals surface area contributed by atoms with Gasteiger partial charge < -0.3 is 10.5 Å². The number of hydrogen-bond acceptors (Lipinski definition) is 2. The zero-order valence-electron chi connectivity index (χ0n) is 20.2. The van der Waals surface area contributed by atoms with E-state index in [1.54, 1.807) is 19.1 Å². The van der Waals surface area contributed by atoms with Crippen molar-refractivity contribution in [2.75, 3.05) is 5.73 Å². The normalized spacial score (nSPS) is 11.5. The number of aryl methyl sites for hydroxylation is 5. The fourth-order valence-electron chi connectivity index (χ4n) is 4.68. The second kappa shape index (κ2) is 8.94. The summed E-state index contributed by atoms with van der Waals surface area (Å²) in [4.78, 5) is 0. The van der Waals surface area contributed by atoms with Crippen LogP contribution in [0.4, 0.5) is 14.5 Å². The molecule has 0 aliphatic rings. The van der Waals surface area contributed by atoms with E-state index < -0.39 is 6.11 Å². The van der Waals surface area contributed by atoms with E-state index >= 15 is 0 Å². The SMILES string of the molecule is Cc1cc(C)c(-c2ccc(-c3ccc(C(F)(F)Oc4ccc(N)cc4)c(C)c3)c(C)c2)c(C)c1. The molecule has 0 unspecified atom stereocenters. The van der Waals surface area contributed by atoms with Crippen molar-refractivity contribution in [2.45, 2.75) is 40.7 Å². The van der Waals surface area contributed by atoms with Crippen molar-refractivity contribution >= 4 is 5.69 Å². The van der Waals surface area contributed by atoms with E-state index in [9.17, 15) is 8.78 Å². The molecule has 4 heteroatoms. The summed E-state index contributed by atoms with van der Waals surface area (Å²) in [5.74, 6) is 0.0656. The third-order valence-corrected chi connectivity index (χ3v) is 6.17. The first kappa shape index (κ1) is 23.5. The highest BCUT2D eigenvalue weighted by atomic mass is 19.3. The van der Waals surface area contributed by atoms with Gasteiger partial charge >= 0.3 is 6.11 Å². The molecule has 0 aliphatic heterocycles. The van der Waals surface area contributed by atoms with E-state index in [0.717, 1.165) is 22.3 Å². The Bertz CT molecular complexity index is 1330. The predicted molar refractivity (Wildman–Crippen MR) is 136 cm³/mol. The second-order valence-electron chi connectivity index (χ2n) is 9.02. The Labute approximate surface area is 200 Å². The van der Waals surface area contributed by atoms with Crippen molar-refractivity contribution in [3.8, 4) is 28.0 Å². The molecule has 0 amide bonds. The van der Waals surface area contributed by atoms with E-state index in [4.69, 9.17) is 10.5 Å². The van der Waals surface area contributed by atoms with Gasteiger partial charge in [-0.2, -0.15) is 8.78 Å². The van der Waals surface area contributed by atoms with Crippen LogP contribution in [-0.2, 0) is 6.11 Å². The molecule has 0 bridgehead atoms. The summed E-state index contributed by atoms with van der Waals surface area (Å²) >= 11 is 0. The molecule has 0 heterocycles. The molecular weight excluding hydrogens is 428 g/mol. The maximum absolute atomic E-state index is 14.9. The van der Waals surface area contributed by atoms with E-state index in [1.807, 2.05) is 0 Å². The highest BCUT2D eigenvalue weighted by Crippen LogP contribution is 2.37. The molecule has 0 atom stereocenters. The maximum atomic E-state index is 14.9. The van der Waals surface area contributed by atoms with Gasteiger partial charge in [0.25, 0.3) is 0 Å². The predicted octanol–water partition coefficient (Wildman–Crippen LogP) is 8.27. The van der Waals surface area contributed by atoms with Gasteiger partial charge in [-0.05, 0) is 109 Å². The lowest BCUT2D eigenvalue weighted by molar-refractivity contribution is -0.185. The lowest BCUT2D eigenvalue weighted by atomic mass is 9.90. The fraction of sp³-hybridized carbons (Fsp3) is 0.200. The number of alkyl halides is 2. The van der Waals surface area contributed by atoms with Crippen LogP contribution in [0.5, 0.6) is 5.75 Å². The van der Waals surface area contributed by atoms with E-state index in [2.05, 4.69) is 58.0 Å². The monoisotopic (exact) mass is 457 g/mol. The van der Waals surface area contributed by atoms with Gasteiger partial charge in [-0.15, -0.1) is 0 Å². The van der Waals surface area contributed by atoms with Gasteiger partial charge in [0.1, 0.15) is 5.75 Å². The van der Waals surface area contributed by atoms with Crippen LogP contribution >= 0.6 is 0 Å². The molecule has 4 aromatic rings. The van der Waals surface area contributed by atoms with Crippen molar-refractivity contribution in [1.29, 1.82) is 0 Å². The van der Waals surface area contributed by atoms with Crippen molar-refractivity contribution in [3.63, 3.8) is 0 Å². The van der Waals surface area contributed by atoms with E-state index in [0.29, 0.717) is 11.3 Å². The maximum Gasteiger partial charge on any atom is 0.426 e. The zero-order chi connectivity index (χ0) is 24.6. The Morgan fingerprint density at radius 1 is 0.647 bits per heavy atom. The van der Waals surface area contributed by atoms with Crippen molar-refractivity contribution in [2.24, 2.45) is 0 Å². The Morgan fingerprint density at radius 2 is 1.24 bits per heavy atom. The van der Waals surface area contributed by atoms with Crippen LogP contribution in [0.3, 0.4) is 0 Å². The van der Waals surface area contributed by atoms with E-state index in [-0.39, 0.29) is 11.3 Å². The van der Waals surface area contributed by atoms with Crippen molar-refractivity contribution in [1.82, 2.24) is 0 Å². The molecule has 0 fully saturated rings. The van der Waals surface area contributed by atoms with Crippen LogP contribution in [0, 0.1) is 34.6 Å². The minimum atomic E-state index is -3.46. The van der Waals surface area contributed by atoms with Gasteiger partial charge in [-0.1, -0.05) is 48.0 Å².